The fourth-order valence-corrected chi connectivity index (χ4v) is 2.69. The Bertz CT molecular complexity index is 606. The second kappa shape index (κ2) is 9.78. The third kappa shape index (κ3) is 6.42. The van der Waals surface area contributed by atoms with E-state index in [1.54, 1.807) is 7.11 Å². The molecule has 0 amide bonds. The highest BCUT2D eigenvalue weighted by Gasteiger charge is 2.40. The Labute approximate surface area is 177 Å². The Morgan fingerprint density at radius 2 is 1.34 bits per heavy atom. The summed E-state index contributed by atoms with van der Waals surface area (Å²) >= 11 is 0. The number of ether oxygens (including phenoxy) is 5. The average molecular weight is 409 g/mol. The molecular formula is C24H40O5. The first-order valence-electron chi connectivity index (χ1n) is 10.7. The predicted octanol–water partition coefficient (Wildman–Crippen LogP) is 5.38. The number of rotatable bonds is 10. The van der Waals surface area contributed by atoms with Crippen LogP contribution in [0.2, 0.25) is 0 Å². The van der Waals surface area contributed by atoms with Crippen molar-refractivity contribution in [1.82, 2.24) is 0 Å². The summed E-state index contributed by atoms with van der Waals surface area (Å²) in [4.78, 5) is 0. The van der Waals surface area contributed by atoms with E-state index in [0.717, 1.165) is 11.3 Å². The van der Waals surface area contributed by atoms with Crippen LogP contribution in [-0.2, 0) is 18.9 Å². The van der Waals surface area contributed by atoms with Gasteiger partial charge in [-0.15, -0.1) is 0 Å². The summed E-state index contributed by atoms with van der Waals surface area (Å²) in [5, 5.41) is 0. The molecule has 5 nitrogen and oxygen atoms in total. The maximum absolute atomic E-state index is 6.28. The largest absolute Gasteiger partial charge is 0.497 e. The average Bonchev–Trinajstić information content (AvgIpc) is 3.08. The monoisotopic (exact) mass is 408 g/mol. The van der Waals surface area contributed by atoms with Crippen LogP contribution in [0.25, 0.3) is 0 Å². The minimum atomic E-state index is -0.461. The van der Waals surface area contributed by atoms with Crippen LogP contribution in [0, 0.1) is 11.8 Å². The van der Waals surface area contributed by atoms with Crippen LogP contribution < -0.4 is 4.74 Å². The van der Waals surface area contributed by atoms with Crippen molar-refractivity contribution >= 4 is 0 Å². The molecule has 1 aromatic carbocycles. The molecule has 0 radical (unpaired) electrons. The van der Waals surface area contributed by atoms with Gasteiger partial charge in [0.1, 0.15) is 18.0 Å². The first-order chi connectivity index (χ1) is 13.5. The van der Waals surface area contributed by atoms with Gasteiger partial charge in [0.15, 0.2) is 6.29 Å². The minimum absolute atomic E-state index is 0.202. The van der Waals surface area contributed by atoms with Crippen molar-refractivity contribution in [2.45, 2.75) is 85.1 Å². The smallest absolute Gasteiger partial charge is 0.185 e. The van der Waals surface area contributed by atoms with Gasteiger partial charge in [-0.3, -0.25) is 0 Å². The Hall–Kier alpha value is -1.14. The van der Waals surface area contributed by atoms with E-state index in [1.165, 1.54) is 0 Å². The van der Waals surface area contributed by atoms with Gasteiger partial charge in [-0.25, -0.2) is 0 Å². The molecule has 1 saturated heterocycles. The second-order valence-electron chi connectivity index (χ2n) is 9.60. The van der Waals surface area contributed by atoms with E-state index >= 15 is 0 Å². The van der Waals surface area contributed by atoms with Gasteiger partial charge in [0.2, 0.25) is 0 Å². The second-order valence-corrected chi connectivity index (χ2v) is 9.60. The van der Waals surface area contributed by atoms with Crippen LogP contribution in [0.4, 0.5) is 0 Å². The van der Waals surface area contributed by atoms with Gasteiger partial charge in [0, 0.05) is 5.56 Å². The van der Waals surface area contributed by atoms with Crippen LogP contribution in [0.15, 0.2) is 24.3 Å². The standard InChI is InChI=1S/C24H40O5/c1-16(2)23(5,6)26-14-20-21(15-27-24(7,8)17(3)4)29-22(28-20)18-11-10-12-19(13-18)25-9/h10-13,16-17,20-22H,14-15H2,1-9H3/t20-,21-/m0/s1. The molecule has 1 aliphatic heterocycles. The predicted molar refractivity (Wildman–Crippen MR) is 115 cm³/mol. The van der Waals surface area contributed by atoms with Crippen LogP contribution in [-0.4, -0.2) is 43.7 Å². The van der Waals surface area contributed by atoms with E-state index in [4.69, 9.17) is 23.7 Å². The number of hydrogen-bond donors (Lipinski definition) is 0. The lowest BCUT2D eigenvalue weighted by Crippen LogP contribution is -2.41. The number of hydrogen-bond acceptors (Lipinski definition) is 5. The van der Waals surface area contributed by atoms with Crippen molar-refractivity contribution < 1.29 is 23.7 Å². The lowest BCUT2D eigenvalue weighted by atomic mass is 9.94. The molecule has 2 atom stereocenters. The van der Waals surface area contributed by atoms with Crippen molar-refractivity contribution in [3.05, 3.63) is 29.8 Å². The van der Waals surface area contributed by atoms with Crippen molar-refractivity contribution in [1.29, 1.82) is 0 Å². The summed E-state index contributed by atoms with van der Waals surface area (Å²) in [7, 11) is 1.66. The fraction of sp³-hybridized carbons (Fsp3) is 0.750. The zero-order valence-electron chi connectivity index (χ0n) is 19.7. The highest BCUT2D eigenvalue weighted by Crippen LogP contribution is 2.35. The van der Waals surface area contributed by atoms with Crippen LogP contribution in [0.5, 0.6) is 5.75 Å². The Morgan fingerprint density at radius 1 is 0.862 bits per heavy atom. The summed E-state index contributed by atoms with van der Waals surface area (Å²) in [6.07, 6.45) is -0.865. The fourth-order valence-electron chi connectivity index (χ4n) is 2.69. The number of methoxy groups -OCH3 is 1. The molecular weight excluding hydrogens is 368 g/mol. The Morgan fingerprint density at radius 3 is 1.76 bits per heavy atom. The van der Waals surface area contributed by atoms with Crippen LogP contribution in [0.3, 0.4) is 0 Å². The SMILES string of the molecule is COc1cccc(C2O[C@@H](COC(C)(C)C(C)C)[C@H](COC(C)(C)C(C)C)O2)c1. The maximum Gasteiger partial charge on any atom is 0.185 e. The lowest BCUT2D eigenvalue weighted by molar-refractivity contribution is -0.110. The van der Waals surface area contributed by atoms with E-state index in [1.807, 2.05) is 24.3 Å². The Kier molecular flexibility index (Phi) is 8.14. The molecule has 2 rings (SSSR count). The van der Waals surface area contributed by atoms with Gasteiger partial charge in [-0.05, 0) is 51.7 Å². The van der Waals surface area contributed by atoms with E-state index in [9.17, 15) is 0 Å². The van der Waals surface area contributed by atoms with E-state index < -0.39 is 6.29 Å². The maximum atomic E-state index is 6.28. The van der Waals surface area contributed by atoms with E-state index in [-0.39, 0.29) is 23.4 Å². The molecule has 1 fully saturated rings. The topological polar surface area (TPSA) is 46.2 Å². The summed E-state index contributed by atoms with van der Waals surface area (Å²) in [6, 6.07) is 7.79. The van der Waals surface area contributed by atoms with Crippen molar-refractivity contribution in [2.24, 2.45) is 11.8 Å². The molecule has 1 aliphatic rings. The highest BCUT2D eigenvalue weighted by molar-refractivity contribution is 5.29. The summed E-state index contributed by atoms with van der Waals surface area (Å²) in [5.74, 6) is 1.58. The molecule has 29 heavy (non-hydrogen) atoms. The minimum Gasteiger partial charge on any atom is -0.497 e. The van der Waals surface area contributed by atoms with Gasteiger partial charge in [-0.2, -0.15) is 0 Å². The van der Waals surface area contributed by atoms with E-state index in [2.05, 4.69) is 55.4 Å². The van der Waals surface area contributed by atoms with Gasteiger partial charge in [0.05, 0.1) is 31.5 Å². The molecule has 0 bridgehead atoms. The highest BCUT2D eigenvalue weighted by atomic mass is 16.7. The van der Waals surface area contributed by atoms with Crippen LogP contribution in [0.1, 0.15) is 67.2 Å². The quantitative estimate of drug-likeness (QED) is 0.520. The zero-order valence-corrected chi connectivity index (χ0v) is 19.7. The Balaban J connectivity index is 2.12. The summed E-state index contributed by atoms with van der Waals surface area (Å²) in [5.41, 5.74) is 0.461. The molecule has 0 spiro atoms. The van der Waals surface area contributed by atoms with Crippen molar-refractivity contribution in [3.8, 4) is 5.75 Å². The number of benzene rings is 1. The van der Waals surface area contributed by atoms with Crippen molar-refractivity contribution in [2.75, 3.05) is 20.3 Å². The zero-order chi connectivity index (χ0) is 21.8. The van der Waals surface area contributed by atoms with Gasteiger partial charge < -0.3 is 23.7 Å². The van der Waals surface area contributed by atoms with Gasteiger partial charge in [-0.1, -0.05) is 39.8 Å². The molecule has 0 N–H and O–H groups in total. The van der Waals surface area contributed by atoms with Crippen molar-refractivity contribution in [3.63, 3.8) is 0 Å². The van der Waals surface area contributed by atoms with E-state index in [0.29, 0.717) is 25.0 Å². The summed E-state index contributed by atoms with van der Waals surface area (Å²) < 4.78 is 30.4. The molecule has 0 aromatic heterocycles. The third-order valence-corrected chi connectivity index (χ3v) is 6.40. The first kappa shape index (κ1) is 24.1. The molecule has 0 unspecified atom stereocenters. The molecule has 5 heteroatoms. The lowest BCUT2D eigenvalue weighted by Gasteiger charge is -2.33. The molecule has 0 aliphatic carbocycles. The van der Waals surface area contributed by atoms with Gasteiger partial charge in [0.25, 0.3) is 0 Å². The molecule has 1 heterocycles. The third-order valence-electron chi connectivity index (χ3n) is 6.40. The van der Waals surface area contributed by atoms with Gasteiger partial charge >= 0.3 is 0 Å². The summed E-state index contributed by atoms with van der Waals surface area (Å²) in [6.45, 7) is 18.0. The molecule has 0 saturated carbocycles. The molecule has 1 aromatic rings. The first-order valence-corrected chi connectivity index (χ1v) is 10.7. The van der Waals surface area contributed by atoms with Crippen LogP contribution >= 0.6 is 0 Å². The molecule has 166 valence electrons. The normalized spacial score (nSPS) is 21.3.